The third kappa shape index (κ3) is 1.56. The topological polar surface area (TPSA) is 77.8 Å². The maximum atomic E-state index is 11.0. The lowest BCUT2D eigenvalue weighted by atomic mass is 9.99. The molecule has 2 aliphatic heterocycles. The molecule has 0 aromatic carbocycles. The zero-order chi connectivity index (χ0) is 10.4. The van der Waals surface area contributed by atoms with E-state index in [9.17, 15) is 13.5 Å². The van der Waals surface area contributed by atoms with Crippen LogP contribution in [0.15, 0.2) is 0 Å². The van der Waals surface area contributed by atoms with Gasteiger partial charge in [-0.2, -0.15) is 8.42 Å². The van der Waals surface area contributed by atoms with Crippen molar-refractivity contribution in [1.29, 1.82) is 0 Å². The number of hydrogen-bond donors (Lipinski definition) is 2. The monoisotopic (exact) mass is 221 g/mol. The van der Waals surface area contributed by atoms with Crippen LogP contribution in [0.25, 0.3) is 0 Å². The molecule has 0 spiro atoms. The Morgan fingerprint density at radius 1 is 1.36 bits per heavy atom. The first-order valence-electron chi connectivity index (χ1n) is 4.86. The molecule has 2 fully saturated rings. The first-order chi connectivity index (χ1) is 6.42. The van der Waals surface area contributed by atoms with Crippen LogP contribution in [0.5, 0.6) is 0 Å². The maximum absolute atomic E-state index is 11.0. The van der Waals surface area contributed by atoms with Gasteiger partial charge in [-0.15, -0.1) is 0 Å². The van der Waals surface area contributed by atoms with Crippen LogP contribution in [0, 0.1) is 0 Å². The first kappa shape index (κ1) is 10.4. The zero-order valence-electron chi connectivity index (χ0n) is 7.89. The quantitative estimate of drug-likeness (QED) is 0.601. The molecule has 82 valence electrons. The lowest BCUT2D eigenvalue weighted by Crippen LogP contribution is -2.51. The highest BCUT2D eigenvalue weighted by Crippen LogP contribution is 2.35. The molecule has 0 bridgehead atoms. The highest BCUT2D eigenvalue weighted by molar-refractivity contribution is 7.87. The van der Waals surface area contributed by atoms with E-state index >= 15 is 0 Å². The van der Waals surface area contributed by atoms with E-state index in [2.05, 4.69) is 4.90 Å². The van der Waals surface area contributed by atoms with E-state index in [-0.39, 0.29) is 18.9 Å². The van der Waals surface area contributed by atoms with Crippen molar-refractivity contribution in [1.82, 2.24) is 4.90 Å². The molecule has 0 aromatic rings. The SMILES string of the molecule is O=S(=O)(O)C1(O)CCN2CCCC2C1. The van der Waals surface area contributed by atoms with E-state index in [0.717, 1.165) is 19.4 Å². The second-order valence-electron chi connectivity index (χ2n) is 4.21. The van der Waals surface area contributed by atoms with Crippen molar-refractivity contribution >= 4 is 10.1 Å². The van der Waals surface area contributed by atoms with Gasteiger partial charge >= 0.3 is 0 Å². The van der Waals surface area contributed by atoms with E-state index < -0.39 is 15.1 Å². The van der Waals surface area contributed by atoms with E-state index in [1.807, 2.05) is 0 Å². The minimum atomic E-state index is -4.34. The fourth-order valence-corrected chi connectivity index (χ4v) is 3.20. The smallest absolute Gasteiger partial charge is 0.295 e. The Morgan fingerprint density at radius 2 is 2.07 bits per heavy atom. The number of rotatable bonds is 1. The van der Waals surface area contributed by atoms with Gasteiger partial charge in [0.1, 0.15) is 0 Å². The van der Waals surface area contributed by atoms with Gasteiger partial charge in [0.15, 0.2) is 4.93 Å². The van der Waals surface area contributed by atoms with Gasteiger partial charge in [-0.1, -0.05) is 0 Å². The standard InChI is InChI=1S/C8H15NO4S/c10-8(14(11,12)13)3-5-9-4-1-2-7(9)6-8/h7,10H,1-6H2,(H,11,12,13). The van der Waals surface area contributed by atoms with Crippen molar-refractivity contribution < 1.29 is 18.1 Å². The number of nitrogens with zero attached hydrogens (tertiary/aromatic N) is 1. The van der Waals surface area contributed by atoms with Crippen molar-refractivity contribution in [2.75, 3.05) is 13.1 Å². The molecule has 2 aliphatic rings. The van der Waals surface area contributed by atoms with Crippen LogP contribution < -0.4 is 0 Å². The molecule has 0 aliphatic carbocycles. The summed E-state index contributed by atoms with van der Waals surface area (Å²) in [5.41, 5.74) is 0. The lowest BCUT2D eigenvalue weighted by Gasteiger charge is -2.38. The summed E-state index contributed by atoms with van der Waals surface area (Å²) in [4.78, 5) is 0.276. The molecule has 2 atom stereocenters. The predicted octanol–water partition coefficient (Wildman–Crippen LogP) is -0.179. The summed E-state index contributed by atoms with van der Waals surface area (Å²) in [6, 6.07) is 0.121. The second kappa shape index (κ2) is 3.16. The summed E-state index contributed by atoms with van der Waals surface area (Å²) >= 11 is 0. The minimum absolute atomic E-state index is 0.113. The number of hydrogen-bond acceptors (Lipinski definition) is 4. The van der Waals surface area contributed by atoms with Crippen LogP contribution in [0.4, 0.5) is 0 Å². The van der Waals surface area contributed by atoms with Gasteiger partial charge in [-0.25, -0.2) is 0 Å². The van der Waals surface area contributed by atoms with E-state index in [1.165, 1.54) is 0 Å². The molecular weight excluding hydrogens is 206 g/mol. The van der Waals surface area contributed by atoms with Crippen LogP contribution in [0.2, 0.25) is 0 Å². The summed E-state index contributed by atoms with van der Waals surface area (Å²) < 4.78 is 30.9. The van der Waals surface area contributed by atoms with Crippen LogP contribution in [-0.2, 0) is 10.1 Å². The average Bonchev–Trinajstić information content (AvgIpc) is 2.48. The third-order valence-corrected chi connectivity index (χ3v) is 4.65. The van der Waals surface area contributed by atoms with E-state index in [1.54, 1.807) is 0 Å². The Balaban J connectivity index is 2.18. The highest BCUT2D eigenvalue weighted by Gasteiger charge is 2.48. The van der Waals surface area contributed by atoms with Gasteiger partial charge < -0.3 is 10.0 Å². The molecule has 2 saturated heterocycles. The molecule has 0 amide bonds. The average molecular weight is 221 g/mol. The molecule has 0 saturated carbocycles. The summed E-state index contributed by atoms with van der Waals surface area (Å²) in [6.07, 6.45) is 2.22. The van der Waals surface area contributed by atoms with Crippen molar-refractivity contribution in [3.8, 4) is 0 Å². The van der Waals surface area contributed by atoms with Crippen molar-refractivity contribution in [2.45, 2.75) is 36.7 Å². The van der Waals surface area contributed by atoms with Gasteiger partial charge in [-0.3, -0.25) is 4.55 Å². The molecule has 14 heavy (non-hydrogen) atoms. The summed E-state index contributed by atoms with van der Waals surface area (Å²) in [5, 5.41) is 9.79. The fourth-order valence-electron chi connectivity index (χ4n) is 2.44. The molecule has 0 radical (unpaired) electrons. The van der Waals surface area contributed by atoms with E-state index in [0.29, 0.717) is 6.54 Å². The molecule has 6 heteroatoms. The Labute approximate surface area is 83.5 Å². The summed E-state index contributed by atoms with van der Waals surface area (Å²) in [7, 11) is -4.34. The molecule has 2 unspecified atom stereocenters. The van der Waals surface area contributed by atoms with Crippen molar-refractivity contribution in [3.05, 3.63) is 0 Å². The van der Waals surface area contributed by atoms with Gasteiger partial charge in [0.05, 0.1) is 0 Å². The van der Waals surface area contributed by atoms with Crippen molar-refractivity contribution in [3.63, 3.8) is 0 Å². The van der Waals surface area contributed by atoms with Crippen LogP contribution in [-0.4, -0.2) is 47.0 Å². The fraction of sp³-hybridized carbons (Fsp3) is 1.00. The number of fused-ring (bicyclic) bond motifs is 1. The Bertz CT molecular complexity index is 328. The number of aliphatic hydroxyl groups is 1. The van der Waals surface area contributed by atoms with E-state index in [4.69, 9.17) is 4.55 Å². The Kier molecular flexibility index (Phi) is 2.34. The first-order valence-corrected chi connectivity index (χ1v) is 6.30. The molecule has 2 N–H and O–H groups in total. The molecule has 5 nitrogen and oxygen atoms in total. The molecular formula is C8H15NO4S. The van der Waals surface area contributed by atoms with Crippen LogP contribution >= 0.6 is 0 Å². The van der Waals surface area contributed by atoms with Gasteiger partial charge in [0.25, 0.3) is 10.1 Å². The minimum Gasteiger partial charge on any atom is -0.372 e. The highest BCUT2D eigenvalue weighted by atomic mass is 32.2. The van der Waals surface area contributed by atoms with Gasteiger partial charge in [0.2, 0.25) is 0 Å². The largest absolute Gasteiger partial charge is 0.372 e. The van der Waals surface area contributed by atoms with Crippen molar-refractivity contribution in [2.24, 2.45) is 0 Å². The molecule has 2 rings (SSSR count). The lowest BCUT2D eigenvalue weighted by molar-refractivity contribution is 0.0213. The maximum Gasteiger partial charge on any atom is 0.295 e. The van der Waals surface area contributed by atoms with Crippen LogP contribution in [0.3, 0.4) is 0 Å². The predicted molar refractivity (Wildman–Crippen MR) is 50.3 cm³/mol. The molecule has 0 aromatic heterocycles. The third-order valence-electron chi connectivity index (χ3n) is 3.32. The van der Waals surface area contributed by atoms with Gasteiger partial charge in [-0.05, 0) is 19.4 Å². The second-order valence-corrected chi connectivity index (χ2v) is 5.92. The Morgan fingerprint density at radius 3 is 2.71 bits per heavy atom. The summed E-state index contributed by atoms with van der Waals surface area (Å²) in [6.45, 7) is 1.53. The summed E-state index contributed by atoms with van der Waals surface area (Å²) in [5.74, 6) is 0. The molecule has 2 heterocycles. The van der Waals surface area contributed by atoms with Gasteiger partial charge in [0, 0.05) is 25.4 Å². The van der Waals surface area contributed by atoms with Crippen LogP contribution in [0.1, 0.15) is 25.7 Å². The normalized spacial score (nSPS) is 39.7. The zero-order valence-corrected chi connectivity index (χ0v) is 8.70. The number of piperidine rings is 1. The Hall–Kier alpha value is -0.170.